The molecular formula is C16H23NO. The largest absolute Gasteiger partial charge is 0.303 e. The molecule has 1 aromatic rings. The van der Waals surface area contributed by atoms with E-state index in [9.17, 15) is 4.79 Å². The van der Waals surface area contributed by atoms with E-state index in [0.29, 0.717) is 6.04 Å². The summed E-state index contributed by atoms with van der Waals surface area (Å²) >= 11 is 0. The summed E-state index contributed by atoms with van der Waals surface area (Å²) in [7, 11) is 2.16. The minimum atomic E-state index is 0.0815. The van der Waals surface area contributed by atoms with Crippen molar-refractivity contribution in [2.45, 2.75) is 38.6 Å². The SMILES string of the molecule is CC(CN(C)C1CCCC1)C(=O)c1ccccc1. The normalized spacial score (nSPS) is 18.2. The van der Waals surface area contributed by atoms with E-state index in [4.69, 9.17) is 0 Å². The molecule has 2 rings (SSSR count). The molecule has 1 atom stereocenters. The molecule has 0 aliphatic heterocycles. The summed E-state index contributed by atoms with van der Waals surface area (Å²) in [5, 5.41) is 0. The van der Waals surface area contributed by atoms with E-state index in [1.807, 2.05) is 37.3 Å². The Kier molecular flexibility index (Phi) is 4.54. The maximum atomic E-state index is 12.3. The minimum absolute atomic E-state index is 0.0815. The maximum Gasteiger partial charge on any atom is 0.166 e. The molecule has 1 aromatic carbocycles. The third-order valence-corrected chi connectivity index (χ3v) is 4.02. The van der Waals surface area contributed by atoms with Gasteiger partial charge in [-0.05, 0) is 19.9 Å². The molecule has 1 fully saturated rings. The van der Waals surface area contributed by atoms with Crippen molar-refractivity contribution in [3.05, 3.63) is 35.9 Å². The molecular weight excluding hydrogens is 222 g/mol. The third-order valence-electron chi connectivity index (χ3n) is 4.02. The molecule has 2 nitrogen and oxygen atoms in total. The summed E-state index contributed by atoms with van der Waals surface area (Å²) in [6.45, 7) is 2.92. The number of nitrogens with zero attached hydrogens (tertiary/aromatic N) is 1. The van der Waals surface area contributed by atoms with Gasteiger partial charge < -0.3 is 4.90 Å². The average molecular weight is 245 g/mol. The topological polar surface area (TPSA) is 20.3 Å². The summed E-state index contributed by atoms with van der Waals surface area (Å²) in [6, 6.07) is 10.3. The molecule has 2 heteroatoms. The first-order chi connectivity index (χ1) is 8.68. The maximum absolute atomic E-state index is 12.3. The van der Waals surface area contributed by atoms with Gasteiger partial charge >= 0.3 is 0 Å². The van der Waals surface area contributed by atoms with Gasteiger partial charge in [0.2, 0.25) is 0 Å². The van der Waals surface area contributed by atoms with Crippen LogP contribution in [0.5, 0.6) is 0 Å². The molecule has 1 aliphatic rings. The predicted molar refractivity (Wildman–Crippen MR) is 74.8 cm³/mol. The number of carbonyl (C=O) groups excluding carboxylic acids is 1. The molecule has 0 heterocycles. The molecule has 0 amide bonds. The number of ketones is 1. The molecule has 1 aliphatic carbocycles. The highest BCUT2D eigenvalue weighted by Gasteiger charge is 2.23. The molecule has 98 valence electrons. The van der Waals surface area contributed by atoms with Gasteiger partial charge in [0.25, 0.3) is 0 Å². The van der Waals surface area contributed by atoms with Crippen LogP contribution in [-0.4, -0.2) is 30.3 Å². The highest BCUT2D eigenvalue weighted by molar-refractivity contribution is 5.97. The second kappa shape index (κ2) is 6.14. The van der Waals surface area contributed by atoms with E-state index < -0.39 is 0 Å². The van der Waals surface area contributed by atoms with Crippen molar-refractivity contribution in [1.29, 1.82) is 0 Å². The highest BCUT2D eigenvalue weighted by Crippen LogP contribution is 2.23. The highest BCUT2D eigenvalue weighted by atomic mass is 16.1. The predicted octanol–water partition coefficient (Wildman–Crippen LogP) is 3.38. The third kappa shape index (κ3) is 3.20. The molecule has 0 radical (unpaired) electrons. The van der Waals surface area contributed by atoms with Gasteiger partial charge in [-0.2, -0.15) is 0 Å². The summed E-state index contributed by atoms with van der Waals surface area (Å²) in [5.74, 6) is 0.346. The molecule has 1 unspecified atom stereocenters. The van der Waals surface area contributed by atoms with Crippen molar-refractivity contribution >= 4 is 5.78 Å². The Morgan fingerprint density at radius 2 is 1.89 bits per heavy atom. The van der Waals surface area contributed by atoms with Gasteiger partial charge in [0.15, 0.2) is 5.78 Å². The van der Waals surface area contributed by atoms with Crippen LogP contribution in [0.4, 0.5) is 0 Å². The Balaban J connectivity index is 1.91. The van der Waals surface area contributed by atoms with E-state index in [-0.39, 0.29) is 11.7 Å². The zero-order valence-electron chi connectivity index (χ0n) is 11.4. The molecule has 0 spiro atoms. The zero-order chi connectivity index (χ0) is 13.0. The first-order valence-corrected chi connectivity index (χ1v) is 6.98. The fraction of sp³-hybridized carbons (Fsp3) is 0.562. The Morgan fingerprint density at radius 3 is 2.50 bits per heavy atom. The van der Waals surface area contributed by atoms with Crippen molar-refractivity contribution in [1.82, 2.24) is 4.90 Å². The van der Waals surface area contributed by atoms with E-state index in [2.05, 4.69) is 11.9 Å². The van der Waals surface area contributed by atoms with Gasteiger partial charge in [-0.3, -0.25) is 4.79 Å². The number of Topliss-reactive ketones (excluding diaryl/α,β-unsaturated/α-hetero) is 1. The fourth-order valence-corrected chi connectivity index (χ4v) is 2.90. The Bertz CT molecular complexity index is 381. The molecule has 0 saturated heterocycles. The summed E-state index contributed by atoms with van der Waals surface area (Å²) in [6.07, 6.45) is 5.28. The smallest absolute Gasteiger partial charge is 0.166 e. The quantitative estimate of drug-likeness (QED) is 0.741. The van der Waals surface area contributed by atoms with Crippen LogP contribution in [0.3, 0.4) is 0 Å². The number of benzene rings is 1. The second-order valence-corrected chi connectivity index (χ2v) is 5.51. The second-order valence-electron chi connectivity index (χ2n) is 5.51. The lowest BCUT2D eigenvalue weighted by Crippen LogP contribution is -2.35. The average Bonchev–Trinajstić information content (AvgIpc) is 2.92. The van der Waals surface area contributed by atoms with Crippen LogP contribution in [-0.2, 0) is 0 Å². The molecule has 0 aromatic heterocycles. The number of hydrogen-bond donors (Lipinski definition) is 0. The van der Waals surface area contributed by atoms with Crippen molar-refractivity contribution in [2.75, 3.05) is 13.6 Å². The lowest BCUT2D eigenvalue weighted by atomic mass is 9.98. The fourth-order valence-electron chi connectivity index (χ4n) is 2.90. The van der Waals surface area contributed by atoms with Gasteiger partial charge in [0, 0.05) is 24.1 Å². The van der Waals surface area contributed by atoms with Crippen LogP contribution in [0.25, 0.3) is 0 Å². The van der Waals surface area contributed by atoms with Gasteiger partial charge in [0.05, 0.1) is 0 Å². The Morgan fingerprint density at radius 1 is 1.28 bits per heavy atom. The van der Waals surface area contributed by atoms with Crippen LogP contribution in [0.15, 0.2) is 30.3 Å². The number of carbonyl (C=O) groups is 1. The van der Waals surface area contributed by atoms with Crippen molar-refractivity contribution in [3.8, 4) is 0 Å². The molecule has 0 bridgehead atoms. The van der Waals surface area contributed by atoms with Crippen molar-refractivity contribution in [3.63, 3.8) is 0 Å². The zero-order valence-corrected chi connectivity index (χ0v) is 11.4. The summed E-state index contributed by atoms with van der Waals surface area (Å²) < 4.78 is 0. The van der Waals surface area contributed by atoms with Gasteiger partial charge in [0.1, 0.15) is 0 Å². The first kappa shape index (κ1) is 13.3. The Hall–Kier alpha value is -1.15. The minimum Gasteiger partial charge on any atom is -0.303 e. The van der Waals surface area contributed by atoms with E-state index in [0.717, 1.165) is 12.1 Å². The standard InChI is InChI=1S/C16H23NO/c1-13(12-17(2)15-10-6-7-11-15)16(18)14-8-4-3-5-9-14/h3-5,8-9,13,15H,6-7,10-12H2,1-2H3. The first-order valence-electron chi connectivity index (χ1n) is 6.98. The molecule has 18 heavy (non-hydrogen) atoms. The lowest BCUT2D eigenvalue weighted by molar-refractivity contribution is 0.0887. The summed E-state index contributed by atoms with van der Waals surface area (Å²) in [4.78, 5) is 14.6. The van der Waals surface area contributed by atoms with E-state index in [1.54, 1.807) is 0 Å². The Labute approximate surface area is 110 Å². The monoisotopic (exact) mass is 245 g/mol. The lowest BCUT2D eigenvalue weighted by Gasteiger charge is -2.26. The van der Waals surface area contributed by atoms with Crippen LogP contribution < -0.4 is 0 Å². The number of rotatable bonds is 5. The van der Waals surface area contributed by atoms with Crippen LogP contribution in [0, 0.1) is 5.92 Å². The molecule has 0 N–H and O–H groups in total. The van der Waals surface area contributed by atoms with Gasteiger partial charge in [-0.1, -0.05) is 50.1 Å². The van der Waals surface area contributed by atoms with Crippen LogP contribution in [0.2, 0.25) is 0 Å². The van der Waals surface area contributed by atoms with E-state index >= 15 is 0 Å². The van der Waals surface area contributed by atoms with E-state index in [1.165, 1.54) is 25.7 Å². The number of hydrogen-bond acceptors (Lipinski definition) is 2. The molecule has 1 saturated carbocycles. The summed E-state index contributed by atoms with van der Waals surface area (Å²) in [5.41, 5.74) is 0.838. The van der Waals surface area contributed by atoms with Gasteiger partial charge in [-0.15, -0.1) is 0 Å². The van der Waals surface area contributed by atoms with Crippen LogP contribution >= 0.6 is 0 Å². The van der Waals surface area contributed by atoms with Crippen molar-refractivity contribution in [2.24, 2.45) is 5.92 Å². The van der Waals surface area contributed by atoms with Crippen LogP contribution in [0.1, 0.15) is 43.0 Å². The van der Waals surface area contributed by atoms with Gasteiger partial charge in [-0.25, -0.2) is 0 Å². The van der Waals surface area contributed by atoms with Crippen molar-refractivity contribution < 1.29 is 4.79 Å².